The van der Waals surface area contributed by atoms with E-state index in [1.807, 2.05) is 0 Å². The Morgan fingerprint density at radius 3 is 2.45 bits per heavy atom. The van der Waals surface area contributed by atoms with E-state index in [4.69, 9.17) is 0 Å². The number of ether oxygens (including phenoxy) is 1. The van der Waals surface area contributed by atoms with Crippen LogP contribution >= 0.6 is 15.9 Å². The zero-order valence-corrected chi connectivity index (χ0v) is 14.2. The van der Waals surface area contributed by atoms with Crippen molar-refractivity contribution in [1.29, 1.82) is 0 Å². The summed E-state index contributed by atoms with van der Waals surface area (Å²) in [6.07, 6.45) is 0. The summed E-state index contributed by atoms with van der Waals surface area (Å²) in [5.41, 5.74) is 0.605. The van der Waals surface area contributed by atoms with Crippen molar-refractivity contribution in [3.8, 4) is 0 Å². The van der Waals surface area contributed by atoms with Gasteiger partial charge in [-0.15, -0.1) is 0 Å². The molecule has 0 bridgehead atoms. The Morgan fingerprint density at radius 2 is 1.95 bits per heavy atom. The van der Waals surface area contributed by atoms with E-state index < -0.39 is 22.0 Å². The Morgan fingerprint density at radius 1 is 1.35 bits per heavy atom. The molecule has 0 spiro atoms. The van der Waals surface area contributed by atoms with Crippen molar-refractivity contribution in [1.82, 2.24) is 4.72 Å². The number of rotatable bonds is 5. The first-order chi connectivity index (χ1) is 9.19. The van der Waals surface area contributed by atoms with Crippen molar-refractivity contribution < 1.29 is 17.9 Å². The van der Waals surface area contributed by atoms with Gasteiger partial charge in [0, 0.05) is 4.47 Å². The molecular formula is C13H18BrNO4S. The Balaban J connectivity index is 3.16. The summed E-state index contributed by atoms with van der Waals surface area (Å²) in [6.45, 7) is 5.19. The number of aryl methyl sites for hydroxylation is 1. The van der Waals surface area contributed by atoms with Gasteiger partial charge in [0.1, 0.15) is 6.04 Å². The second-order valence-electron chi connectivity index (χ2n) is 4.78. The smallest absolute Gasteiger partial charge is 0.324 e. The summed E-state index contributed by atoms with van der Waals surface area (Å²) < 4.78 is 32.5. The topological polar surface area (TPSA) is 72.5 Å². The van der Waals surface area contributed by atoms with Gasteiger partial charge in [-0.05, 0) is 30.5 Å². The van der Waals surface area contributed by atoms with Crippen molar-refractivity contribution in [2.45, 2.75) is 31.7 Å². The fourth-order valence-electron chi connectivity index (χ4n) is 1.68. The van der Waals surface area contributed by atoms with Gasteiger partial charge in [0.05, 0.1) is 12.0 Å². The summed E-state index contributed by atoms with van der Waals surface area (Å²) >= 11 is 3.24. The fraction of sp³-hybridized carbons (Fsp3) is 0.462. The minimum absolute atomic E-state index is 0.140. The third-order valence-electron chi connectivity index (χ3n) is 2.84. The van der Waals surface area contributed by atoms with Crippen molar-refractivity contribution in [2.24, 2.45) is 5.92 Å². The number of hydrogen-bond donors (Lipinski definition) is 1. The number of methoxy groups -OCH3 is 1. The molecule has 112 valence electrons. The average Bonchev–Trinajstić information content (AvgIpc) is 2.37. The number of halogens is 1. The molecule has 1 N–H and O–H groups in total. The Bertz CT molecular complexity index is 598. The summed E-state index contributed by atoms with van der Waals surface area (Å²) in [4.78, 5) is 11.8. The highest BCUT2D eigenvalue weighted by molar-refractivity contribution is 9.10. The van der Waals surface area contributed by atoms with Gasteiger partial charge in [0.25, 0.3) is 0 Å². The molecule has 20 heavy (non-hydrogen) atoms. The molecule has 1 aromatic rings. The van der Waals surface area contributed by atoms with Gasteiger partial charge in [-0.25, -0.2) is 8.42 Å². The molecule has 0 heterocycles. The molecule has 0 aliphatic rings. The first kappa shape index (κ1) is 17.1. The lowest BCUT2D eigenvalue weighted by molar-refractivity contribution is -0.143. The first-order valence-corrected chi connectivity index (χ1v) is 8.33. The van der Waals surface area contributed by atoms with Crippen LogP contribution in [0.4, 0.5) is 0 Å². The normalized spacial score (nSPS) is 13.3. The zero-order chi connectivity index (χ0) is 15.5. The number of sulfonamides is 1. The molecule has 1 aromatic carbocycles. The number of nitrogens with one attached hydrogen (secondary N) is 1. The lowest BCUT2D eigenvalue weighted by atomic mass is 10.1. The van der Waals surface area contributed by atoms with Gasteiger partial charge in [0.15, 0.2) is 0 Å². The van der Waals surface area contributed by atoms with Crippen LogP contribution in [0.5, 0.6) is 0 Å². The van der Waals surface area contributed by atoms with E-state index in [2.05, 4.69) is 25.4 Å². The van der Waals surface area contributed by atoms with E-state index in [1.165, 1.54) is 13.2 Å². The molecule has 0 saturated carbocycles. The van der Waals surface area contributed by atoms with Crippen LogP contribution < -0.4 is 4.72 Å². The second kappa shape index (κ2) is 6.69. The van der Waals surface area contributed by atoms with Crippen LogP contribution in [0.2, 0.25) is 0 Å². The van der Waals surface area contributed by atoms with Gasteiger partial charge in [-0.1, -0.05) is 35.8 Å². The van der Waals surface area contributed by atoms with Crippen LogP contribution in [0.1, 0.15) is 19.4 Å². The molecule has 0 aliphatic heterocycles. The van der Waals surface area contributed by atoms with E-state index in [9.17, 15) is 13.2 Å². The predicted octanol–water partition coefficient (Wildman–Crippen LogP) is 2.23. The summed E-state index contributed by atoms with van der Waals surface area (Å²) in [5, 5.41) is 0. The fourth-order valence-corrected chi connectivity index (χ4v) is 3.79. The number of carbonyl (C=O) groups excluding carboxylic acids is 1. The maximum Gasteiger partial charge on any atom is 0.324 e. The number of carbonyl (C=O) groups is 1. The summed E-state index contributed by atoms with van der Waals surface area (Å²) in [6, 6.07) is 4.05. The van der Waals surface area contributed by atoms with Gasteiger partial charge in [0.2, 0.25) is 10.0 Å². The second-order valence-corrected chi connectivity index (χ2v) is 7.37. The van der Waals surface area contributed by atoms with Crippen LogP contribution in [0.25, 0.3) is 0 Å². The SMILES string of the molecule is COC(=O)C(NS(=O)(=O)c1cc(Br)ccc1C)C(C)C. The number of benzene rings is 1. The summed E-state index contributed by atoms with van der Waals surface area (Å²) in [7, 11) is -2.56. The highest BCUT2D eigenvalue weighted by Gasteiger charge is 2.29. The van der Waals surface area contributed by atoms with E-state index >= 15 is 0 Å². The van der Waals surface area contributed by atoms with Crippen LogP contribution in [0.15, 0.2) is 27.6 Å². The molecule has 0 fully saturated rings. The Labute approximate surface area is 127 Å². The largest absolute Gasteiger partial charge is 0.468 e. The van der Waals surface area contributed by atoms with E-state index in [0.29, 0.717) is 10.0 Å². The lowest BCUT2D eigenvalue weighted by Crippen LogP contribution is -2.45. The van der Waals surface area contributed by atoms with Crippen molar-refractivity contribution in [2.75, 3.05) is 7.11 Å². The number of hydrogen-bond acceptors (Lipinski definition) is 4. The molecule has 1 unspecified atom stereocenters. The molecule has 7 heteroatoms. The van der Waals surface area contributed by atoms with E-state index in [0.717, 1.165) is 0 Å². The van der Waals surface area contributed by atoms with Crippen molar-refractivity contribution in [3.05, 3.63) is 28.2 Å². The predicted molar refractivity (Wildman–Crippen MR) is 79.8 cm³/mol. The minimum atomic E-state index is -3.79. The Hall–Kier alpha value is -0.920. The van der Waals surface area contributed by atoms with Gasteiger partial charge >= 0.3 is 5.97 Å². The van der Waals surface area contributed by atoms with Crippen LogP contribution in [0, 0.1) is 12.8 Å². The average molecular weight is 364 g/mol. The zero-order valence-electron chi connectivity index (χ0n) is 11.8. The van der Waals surface area contributed by atoms with Crippen molar-refractivity contribution >= 4 is 31.9 Å². The van der Waals surface area contributed by atoms with Crippen LogP contribution in [0.3, 0.4) is 0 Å². The van der Waals surface area contributed by atoms with Gasteiger partial charge in [-0.2, -0.15) is 4.72 Å². The molecule has 0 aliphatic carbocycles. The van der Waals surface area contributed by atoms with E-state index in [-0.39, 0.29) is 10.8 Å². The third-order valence-corrected chi connectivity index (χ3v) is 4.92. The molecule has 0 radical (unpaired) electrons. The van der Waals surface area contributed by atoms with E-state index in [1.54, 1.807) is 32.9 Å². The Kier molecular flexibility index (Phi) is 5.73. The quantitative estimate of drug-likeness (QED) is 0.814. The highest BCUT2D eigenvalue weighted by Crippen LogP contribution is 2.21. The van der Waals surface area contributed by atoms with Gasteiger partial charge in [-0.3, -0.25) is 4.79 Å². The summed E-state index contributed by atoms with van der Waals surface area (Å²) in [5.74, 6) is -0.819. The molecule has 0 aromatic heterocycles. The molecule has 5 nitrogen and oxygen atoms in total. The lowest BCUT2D eigenvalue weighted by Gasteiger charge is -2.20. The van der Waals surface area contributed by atoms with Crippen molar-refractivity contribution in [3.63, 3.8) is 0 Å². The molecule has 0 saturated heterocycles. The first-order valence-electron chi connectivity index (χ1n) is 6.05. The van der Waals surface area contributed by atoms with Crippen LogP contribution in [-0.2, 0) is 19.6 Å². The molecule has 1 atom stereocenters. The highest BCUT2D eigenvalue weighted by atomic mass is 79.9. The monoisotopic (exact) mass is 363 g/mol. The molecular weight excluding hydrogens is 346 g/mol. The standard InChI is InChI=1S/C13H18BrNO4S/c1-8(2)12(13(16)19-4)15-20(17,18)11-7-10(14)6-5-9(11)3/h5-8,12,15H,1-4H3. The van der Waals surface area contributed by atoms with Crippen LogP contribution in [-0.4, -0.2) is 27.5 Å². The molecule has 0 amide bonds. The minimum Gasteiger partial charge on any atom is -0.468 e. The maximum atomic E-state index is 12.4. The molecule has 1 rings (SSSR count). The third kappa shape index (κ3) is 4.04. The van der Waals surface area contributed by atoms with Gasteiger partial charge < -0.3 is 4.74 Å². The number of esters is 1. The maximum absolute atomic E-state index is 12.4.